The van der Waals surface area contributed by atoms with Gasteiger partial charge in [0.1, 0.15) is 0 Å². The maximum Gasteiger partial charge on any atom is 0.258 e. The summed E-state index contributed by atoms with van der Waals surface area (Å²) >= 11 is 6.09. The first kappa shape index (κ1) is 14.5. The molecule has 2 N–H and O–H groups in total. The van der Waals surface area contributed by atoms with Crippen molar-refractivity contribution >= 4 is 11.6 Å². The molecule has 1 aromatic heterocycles. The van der Waals surface area contributed by atoms with Gasteiger partial charge in [-0.2, -0.15) is 4.98 Å². The Kier molecular flexibility index (Phi) is 3.76. The first-order valence-corrected chi connectivity index (χ1v) is 7.75. The second-order valence-electron chi connectivity index (χ2n) is 6.30. The highest BCUT2D eigenvalue weighted by Gasteiger charge is 2.37. The third-order valence-corrected chi connectivity index (χ3v) is 4.41. The van der Waals surface area contributed by atoms with Gasteiger partial charge in [0.05, 0.1) is 5.54 Å². The van der Waals surface area contributed by atoms with Gasteiger partial charge < -0.3 is 10.3 Å². The summed E-state index contributed by atoms with van der Waals surface area (Å²) in [5, 5.41) is 4.79. The Morgan fingerprint density at radius 3 is 2.90 bits per heavy atom. The van der Waals surface area contributed by atoms with E-state index in [1.54, 1.807) is 0 Å². The molecule has 0 spiro atoms. The molecule has 1 aromatic carbocycles. The number of benzene rings is 1. The van der Waals surface area contributed by atoms with Crippen molar-refractivity contribution in [2.45, 2.75) is 45.1 Å². The van der Waals surface area contributed by atoms with Crippen molar-refractivity contribution in [3.63, 3.8) is 0 Å². The molecular formula is C16H20ClN3O. The standard InChI is InChI=1S/C16H20ClN3O/c1-10-4-3-5-16(18,9-10)15-19-14(21-20-15)12-6-11(2)7-13(17)8-12/h6-8,10H,3-5,9,18H2,1-2H3. The summed E-state index contributed by atoms with van der Waals surface area (Å²) in [4.78, 5) is 4.53. The number of nitrogens with two attached hydrogens (primary N) is 1. The van der Waals surface area contributed by atoms with Crippen LogP contribution in [0, 0.1) is 12.8 Å². The number of hydrogen-bond acceptors (Lipinski definition) is 4. The lowest BCUT2D eigenvalue weighted by Crippen LogP contribution is -2.42. The van der Waals surface area contributed by atoms with Crippen molar-refractivity contribution < 1.29 is 4.52 Å². The average Bonchev–Trinajstić information content (AvgIpc) is 2.87. The molecule has 3 rings (SSSR count). The van der Waals surface area contributed by atoms with Gasteiger partial charge in [-0.15, -0.1) is 0 Å². The van der Waals surface area contributed by atoms with E-state index in [-0.39, 0.29) is 0 Å². The topological polar surface area (TPSA) is 64.9 Å². The fourth-order valence-corrected chi connectivity index (χ4v) is 3.49. The van der Waals surface area contributed by atoms with Crippen LogP contribution in [0.15, 0.2) is 22.7 Å². The van der Waals surface area contributed by atoms with E-state index in [0.717, 1.165) is 30.4 Å². The summed E-state index contributed by atoms with van der Waals surface area (Å²) < 4.78 is 5.41. The molecule has 0 aliphatic heterocycles. The molecule has 1 heterocycles. The molecule has 1 aliphatic carbocycles. The fraction of sp³-hybridized carbons (Fsp3) is 0.500. The first-order chi connectivity index (χ1) is 9.96. The quantitative estimate of drug-likeness (QED) is 0.908. The monoisotopic (exact) mass is 305 g/mol. The van der Waals surface area contributed by atoms with Crippen LogP contribution in [-0.4, -0.2) is 10.1 Å². The van der Waals surface area contributed by atoms with Gasteiger partial charge in [-0.05, 0) is 49.4 Å². The van der Waals surface area contributed by atoms with Crippen LogP contribution in [0.3, 0.4) is 0 Å². The number of aryl methyl sites for hydroxylation is 1. The van der Waals surface area contributed by atoms with Crippen molar-refractivity contribution in [2.24, 2.45) is 11.7 Å². The smallest absolute Gasteiger partial charge is 0.258 e. The molecule has 21 heavy (non-hydrogen) atoms. The molecule has 2 atom stereocenters. The lowest BCUT2D eigenvalue weighted by atomic mass is 9.76. The molecule has 1 saturated carbocycles. The van der Waals surface area contributed by atoms with Crippen LogP contribution in [0.4, 0.5) is 0 Å². The van der Waals surface area contributed by atoms with Gasteiger partial charge in [-0.3, -0.25) is 0 Å². The van der Waals surface area contributed by atoms with E-state index in [4.69, 9.17) is 21.9 Å². The highest BCUT2D eigenvalue weighted by molar-refractivity contribution is 6.30. The SMILES string of the molecule is Cc1cc(Cl)cc(-c2nc(C3(N)CCCC(C)C3)no2)c1. The molecule has 5 heteroatoms. The van der Waals surface area contributed by atoms with Crippen molar-refractivity contribution in [3.8, 4) is 11.5 Å². The summed E-state index contributed by atoms with van der Waals surface area (Å²) in [6.45, 7) is 4.21. The van der Waals surface area contributed by atoms with Gasteiger partial charge in [-0.1, -0.05) is 36.5 Å². The van der Waals surface area contributed by atoms with Gasteiger partial charge in [0.15, 0.2) is 5.82 Å². The zero-order valence-corrected chi connectivity index (χ0v) is 13.2. The van der Waals surface area contributed by atoms with Crippen LogP contribution in [0.25, 0.3) is 11.5 Å². The molecule has 0 amide bonds. The highest BCUT2D eigenvalue weighted by Crippen LogP contribution is 2.37. The molecule has 0 radical (unpaired) electrons. The van der Waals surface area contributed by atoms with E-state index in [1.807, 2.05) is 25.1 Å². The van der Waals surface area contributed by atoms with Gasteiger partial charge in [0.25, 0.3) is 5.89 Å². The summed E-state index contributed by atoms with van der Waals surface area (Å²) in [5.41, 5.74) is 7.95. The van der Waals surface area contributed by atoms with E-state index < -0.39 is 5.54 Å². The number of halogens is 1. The summed E-state index contributed by atoms with van der Waals surface area (Å²) in [7, 11) is 0. The second kappa shape index (κ2) is 5.43. The van der Waals surface area contributed by atoms with Crippen molar-refractivity contribution in [3.05, 3.63) is 34.6 Å². The largest absolute Gasteiger partial charge is 0.334 e. The Labute approximate surface area is 129 Å². The van der Waals surface area contributed by atoms with E-state index >= 15 is 0 Å². The molecule has 0 bridgehead atoms. The third kappa shape index (κ3) is 2.97. The molecule has 2 aromatic rings. The molecule has 112 valence electrons. The zero-order chi connectivity index (χ0) is 15.0. The van der Waals surface area contributed by atoms with Crippen LogP contribution in [-0.2, 0) is 5.54 Å². The third-order valence-electron chi connectivity index (χ3n) is 4.19. The van der Waals surface area contributed by atoms with E-state index in [2.05, 4.69) is 17.1 Å². The van der Waals surface area contributed by atoms with E-state index in [1.165, 1.54) is 6.42 Å². The molecule has 1 aliphatic rings. The lowest BCUT2D eigenvalue weighted by molar-refractivity contribution is 0.222. The van der Waals surface area contributed by atoms with E-state index in [0.29, 0.717) is 22.7 Å². The average molecular weight is 306 g/mol. The highest BCUT2D eigenvalue weighted by atomic mass is 35.5. The van der Waals surface area contributed by atoms with Crippen LogP contribution < -0.4 is 5.73 Å². The number of nitrogens with zero attached hydrogens (tertiary/aromatic N) is 2. The van der Waals surface area contributed by atoms with Gasteiger partial charge in [-0.25, -0.2) is 0 Å². The maximum absolute atomic E-state index is 6.51. The van der Waals surface area contributed by atoms with Crippen LogP contribution in [0.2, 0.25) is 5.02 Å². The Morgan fingerprint density at radius 2 is 2.19 bits per heavy atom. The Hall–Kier alpha value is -1.39. The molecule has 1 fully saturated rings. The van der Waals surface area contributed by atoms with Crippen molar-refractivity contribution in [1.82, 2.24) is 10.1 Å². The van der Waals surface area contributed by atoms with Gasteiger partial charge in [0, 0.05) is 10.6 Å². The lowest BCUT2D eigenvalue weighted by Gasteiger charge is -2.33. The number of hydrogen-bond donors (Lipinski definition) is 1. The minimum atomic E-state index is -0.465. The van der Waals surface area contributed by atoms with Crippen molar-refractivity contribution in [2.75, 3.05) is 0 Å². The first-order valence-electron chi connectivity index (χ1n) is 7.37. The van der Waals surface area contributed by atoms with E-state index in [9.17, 15) is 0 Å². The maximum atomic E-state index is 6.51. The summed E-state index contributed by atoms with van der Waals surface area (Å²) in [6.07, 6.45) is 4.14. The van der Waals surface area contributed by atoms with Gasteiger partial charge >= 0.3 is 0 Å². The minimum Gasteiger partial charge on any atom is -0.334 e. The van der Waals surface area contributed by atoms with Crippen LogP contribution >= 0.6 is 11.6 Å². The summed E-state index contributed by atoms with van der Waals surface area (Å²) in [6, 6.07) is 5.71. The Bertz CT molecular complexity index is 634. The molecule has 2 unspecified atom stereocenters. The molecular weight excluding hydrogens is 286 g/mol. The predicted molar refractivity (Wildman–Crippen MR) is 83.0 cm³/mol. The predicted octanol–water partition coefficient (Wildman–Crippen LogP) is 4.06. The van der Waals surface area contributed by atoms with Gasteiger partial charge in [0.2, 0.25) is 0 Å². The van der Waals surface area contributed by atoms with Crippen LogP contribution in [0.1, 0.15) is 44.0 Å². The van der Waals surface area contributed by atoms with Crippen LogP contribution in [0.5, 0.6) is 0 Å². The number of aromatic nitrogens is 2. The molecule has 4 nitrogen and oxygen atoms in total. The fourth-order valence-electron chi connectivity index (χ4n) is 3.20. The Balaban J connectivity index is 1.92. The minimum absolute atomic E-state index is 0.465. The Morgan fingerprint density at radius 1 is 1.38 bits per heavy atom. The van der Waals surface area contributed by atoms with Crippen molar-refractivity contribution in [1.29, 1.82) is 0 Å². The zero-order valence-electron chi connectivity index (χ0n) is 12.4. The second-order valence-corrected chi connectivity index (χ2v) is 6.73. The number of rotatable bonds is 2. The molecule has 0 saturated heterocycles. The normalized spacial score (nSPS) is 26.0. The summed E-state index contributed by atoms with van der Waals surface area (Å²) in [5.74, 6) is 1.69.